The first-order valence-electron chi connectivity index (χ1n) is 4.66. The Morgan fingerprint density at radius 2 is 1.62 bits per heavy atom. The van der Waals surface area contributed by atoms with Crippen molar-refractivity contribution in [2.45, 2.75) is 34.2 Å². The summed E-state index contributed by atoms with van der Waals surface area (Å²) in [6, 6.07) is 0. The Morgan fingerprint density at radius 3 is 2.08 bits per heavy atom. The molecule has 72 valence electrons. The van der Waals surface area contributed by atoms with Crippen LogP contribution in [0.15, 0.2) is 0 Å². The lowest BCUT2D eigenvalue weighted by Gasteiger charge is -2.09. The van der Waals surface area contributed by atoms with Crippen LogP contribution >= 0.6 is 0 Å². The van der Waals surface area contributed by atoms with E-state index in [1.54, 1.807) is 0 Å². The lowest BCUT2D eigenvalue weighted by atomic mass is 10.1. The Balaban J connectivity index is 2.92. The van der Waals surface area contributed by atoms with Gasteiger partial charge in [-0.05, 0) is 27.3 Å². The fourth-order valence-corrected chi connectivity index (χ4v) is 1.41. The lowest BCUT2D eigenvalue weighted by Crippen LogP contribution is -2.15. The quantitative estimate of drug-likeness (QED) is 0.764. The van der Waals surface area contributed by atoms with E-state index in [-0.39, 0.29) is 0 Å². The highest BCUT2D eigenvalue weighted by Crippen LogP contribution is 2.09. The summed E-state index contributed by atoms with van der Waals surface area (Å²) in [5.74, 6) is 0.857. The van der Waals surface area contributed by atoms with E-state index >= 15 is 0 Å². The first kappa shape index (κ1) is 10.1. The van der Waals surface area contributed by atoms with Gasteiger partial charge in [0.05, 0.1) is 0 Å². The van der Waals surface area contributed by atoms with Crippen LogP contribution in [0.3, 0.4) is 0 Å². The van der Waals surface area contributed by atoms with Gasteiger partial charge in [0.1, 0.15) is 5.82 Å². The van der Waals surface area contributed by atoms with Crippen molar-refractivity contribution in [2.24, 2.45) is 0 Å². The van der Waals surface area contributed by atoms with E-state index in [9.17, 15) is 0 Å². The fourth-order valence-electron chi connectivity index (χ4n) is 1.41. The molecule has 0 aliphatic carbocycles. The van der Waals surface area contributed by atoms with Crippen LogP contribution < -0.4 is 5.32 Å². The van der Waals surface area contributed by atoms with E-state index in [1.165, 1.54) is 5.56 Å². The van der Waals surface area contributed by atoms with Gasteiger partial charge in [0, 0.05) is 23.5 Å². The molecule has 0 aromatic carbocycles. The van der Waals surface area contributed by atoms with E-state index in [2.05, 4.69) is 22.2 Å². The van der Waals surface area contributed by atoms with Gasteiger partial charge in [-0.25, -0.2) is 9.97 Å². The first-order chi connectivity index (χ1) is 6.15. The zero-order valence-corrected chi connectivity index (χ0v) is 8.81. The van der Waals surface area contributed by atoms with Crippen molar-refractivity contribution in [3.8, 4) is 0 Å². The third-order valence-corrected chi connectivity index (χ3v) is 2.08. The molecule has 1 rings (SSSR count). The van der Waals surface area contributed by atoms with Crippen molar-refractivity contribution in [3.63, 3.8) is 0 Å². The smallest absolute Gasteiger partial charge is 0.125 e. The largest absolute Gasteiger partial charge is 0.313 e. The highest BCUT2D eigenvalue weighted by molar-refractivity contribution is 5.23. The number of nitrogens with zero attached hydrogens (tertiary/aromatic N) is 2. The summed E-state index contributed by atoms with van der Waals surface area (Å²) in [6.07, 6.45) is 0. The Labute approximate surface area is 79.6 Å². The third-order valence-electron chi connectivity index (χ3n) is 2.08. The molecule has 0 unspecified atom stereocenters. The van der Waals surface area contributed by atoms with Crippen molar-refractivity contribution in [2.75, 3.05) is 6.54 Å². The Bertz CT molecular complexity index is 271. The SMILES string of the molecule is CCNCc1c(C)nc(C)nc1C. The van der Waals surface area contributed by atoms with Gasteiger partial charge in [0.2, 0.25) is 0 Å². The van der Waals surface area contributed by atoms with E-state index in [1.807, 2.05) is 20.8 Å². The summed E-state index contributed by atoms with van der Waals surface area (Å²) in [5, 5.41) is 3.29. The molecule has 0 amide bonds. The van der Waals surface area contributed by atoms with E-state index in [0.717, 1.165) is 30.3 Å². The molecule has 0 saturated carbocycles. The second-order valence-electron chi connectivity index (χ2n) is 3.20. The Kier molecular flexibility index (Phi) is 3.37. The van der Waals surface area contributed by atoms with Crippen LogP contribution in [0.1, 0.15) is 29.7 Å². The Hall–Kier alpha value is -0.960. The van der Waals surface area contributed by atoms with Crippen LogP contribution in [-0.2, 0) is 6.54 Å². The standard InChI is InChI=1S/C10H17N3/c1-5-11-6-10-7(2)12-9(4)13-8(10)3/h11H,5-6H2,1-4H3. The number of hydrogen-bond acceptors (Lipinski definition) is 3. The summed E-state index contributed by atoms with van der Waals surface area (Å²) >= 11 is 0. The Morgan fingerprint density at radius 1 is 1.08 bits per heavy atom. The molecule has 0 aliphatic heterocycles. The number of hydrogen-bond donors (Lipinski definition) is 1. The topological polar surface area (TPSA) is 37.8 Å². The minimum atomic E-state index is 0.857. The summed E-state index contributed by atoms with van der Waals surface area (Å²) in [7, 11) is 0. The number of nitrogens with one attached hydrogen (secondary N) is 1. The van der Waals surface area contributed by atoms with Crippen molar-refractivity contribution in [1.29, 1.82) is 0 Å². The van der Waals surface area contributed by atoms with Crippen LogP contribution in [0.5, 0.6) is 0 Å². The molecule has 0 atom stereocenters. The average molecular weight is 179 g/mol. The number of rotatable bonds is 3. The second-order valence-corrected chi connectivity index (χ2v) is 3.20. The predicted molar refractivity (Wildman–Crippen MR) is 53.6 cm³/mol. The molecule has 1 aromatic rings. The van der Waals surface area contributed by atoms with Gasteiger partial charge in [0.25, 0.3) is 0 Å². The van der Waals surface area contributed by atoms with Crippen LogP contribution in [0.4, 0.5) is 0 Å². The summed E-state index contributed by atoms with van der Waals surface area (Å²) in [6.45, 7) is 9.95. The van der Waals surface area contributed by atoms with Gasteiger partial charge in [-0.15, -0.1) is 0 Å². The lowest BCUT2D eigenvalue weighted by molar-refractivity contribution is 0.707. The van der Waals surface area contributed by atoms with Gasteiger partial charge >= 0.3 is 0 Å². The molecule has 0 fully saturated rings. The van der Waals surface area contributed by atoms with Gasteiger partial charge in [-0.1, -0.05) is 6.92 Å². The molecule has 0 spiro atoms. The highest BCUT2D eigenvalue weighted by atomic mass is 14.9. The molecule has 0 aliphatic rings. The van der Waals surface area contributed by atoms with Crippen molar-refractivity contribution in [1.82, 2.24) is 15.3 Å². The molecule has 13 heavy (non-hydrogen) atoms. The molecular weight excluding hydrogens is 162 g/mol. The summed E-state index contributed by atoms with van der Waals surface area (Å²) < 4.78 is 0. The molecule has 3 heteroatoms. The third kappa shape index (κ3) is 2.49. The minimum Gasteiger partial charge on any atom is -0.313 e. The fraction of sp³-hybridized carbons (Fsp3) is 0.600. The second kappa shape index (κ2) is 4.33. The zero-order valence-electron chi connectivity index (χ0n) is 8.81. The van der Waals surface area contributed by atoms with Gasteiger partial charge in [-0.2, -0.15) is 0 Å². The van der Waals surface area contributed by atoms with Crippen molar-refractivity contribution < 1.29 is 0 Å². The summed E-state index contributed by atoms with van der Waals surface area (Å²) in [4.78, 5) is 8.67. The van der Waals surface area contributed by atoms with E-state index in [0.29, 0.717) is 0 Å². The van der Waals surface area contributed by atoms with Crippen LogP contribution in [0.2, 0.25) is 0 Å². The maximum Gasteiger partial charge on any atom is 0.125 e. The van der Waals surface area contributed by atoms with Crippen molar-refractivity contribution >= 4 is 0 Å². The molecule has 3 nitrogen and oxygen atoms in total. The van der Waals surface area contributed by atoms with Crippen LogP contribution in [0, 0.1) is 20.8 Å². The van der Waals surface area contributed by atoms with Gasteiger partial charge in [-0.3, -0.25) is 0 Å². The predicted octanol–water partition coefficient (Wildman–Crippen LogP) is 1.51. The zero-order chi connectivity index (χ0) is 9.84. The number of aryl methyl sites for hydroxylation is 3. The van der Waals surface area contributed by atoms with Gasteiger partial charge in [0.15, 0.2) is 0 Å². The van der Waals surface area contributed by atoms with Gasteiger partial charge < -0.3 is 5.32 Å². The molecule has 0 saturated heterocycles. The monoisotopic (exact) mass is 179 g/mol. The minimum absolute atomic E-state index is 0.857. The maximum atomic E-state index is 4.34. The van der Waals surface area contributed by atoms with Crippen LogP contribution in [0.25, 0.3) is 0 Å². The number of aromatic nitrogens is 2. The normalized spacial score (nSPS) is 10.5. The van der Waals surface area contributed by atoms with Crippen LogP contribution in [-0.4, -0.2) is 16.5 Å². The molecular formula is C10H17N3. The molecule has 0 radical (unpaired) electrons. The average Bonchev–Trinajstić information content (AvgIpc) is 2.02. The van der Waals surface area contributed by atoms with E-state index < -0.39 is 0 Å². The molecule has 1 heterocycles. The molecule has 0 bridgehead atoms. The summed E-state index contributed by atoms with van der Waals surface area (Å²) in [5.41, 5.74) is 3.41. The molecule has 1 aromatic heterocycles. The highest BCUT2D eigenvalue weighted by Gasteiger charge is 2.04. The van der Waals surface area contributed by atoms with Crippen molar-refractivity contribution in [3.05, 3.63) is 22.8 Å². The molecule has 1 N–H and O–H groups in total. The first-order valence-corrected chi connectivity index (χ1v) is 4.66. The maximum absolute atomic E-state index is 4.34. The van der Waals surface area contributed by atoms with E-state index in [4.69, 9.17) is 0 Å².